The van der Waals surface area contributed by atoms with Crippen LogP contribution in [0.4, 0.5) is 0 Å². The highest BCUT2D eigenvalue weighted by atomic mass is 16.1. The van der Waals surface area contributed by atoms with Crippen molar-refractivity contribution >= 4 is 11.7 Å². The minimum Gasteiger partial charge on any atom is -0.356 e. The number of hydrogen-bond donors (Lipinski definition) is 1. The van der Waals surface area contributed by atoms with Gasteiger partial charge in [-0.3, -0.25) is 4.79 Å². The van der Waals surface area contributed by atoms with Gasteiger partial charge in [-0.25, -0.2) is 0 Å². The molecule has 1 N–H and O–H groups in total. The maximum atomic E-state index is 11.5. The lowest BCUT2D eigenvalue weighted by Gasteiger charge is -2.04. The normalized spacial score (nSPS) is 10.5. The Hall–Kier alpha value is -0.860. The second kappa shape index (κ2) is 14.5. The number of carbonyl (C=O) groups excluding carboxylic acids is 2. The molecule has 0 aliphatic carbocycles. The van der Waals surface area contributed by atoms with E-state index < -0.39 is 0 Å². The molecule has 0 spiro atoms. The lowest BCUT2D eigenvalue weighted by Crippen LogP contribution is -2.24. The topological polar surface area (TPSA) is 46.2 Å². The van der Waals surface area contributed by atoms with Crippen LogP contribution in [-0.2, 0) is 9.59 Å². The molecular weight excluding hydrogens is 250 g/mol. The molecule has 3 heteroatoms. The van der Waals surface area contributed by atoms with Gasteiger partial charge in [0.1, 0.15) is 5.78 Å². The molecule has 0 aromatic carbocycles. The highest BCUT2D eigenvalue weighted by Crippen LogP contribution is 2.10. The Kier molecular flexibility index (Phi) is 13.9. The molecule has 0 atom stereocenters. The third-order valence-corrected chi connectivity index (χ3v) is 3.54. The zero-order chi connectivity index (χ0) is 15.1. The lowest BCUT2D eigenvalue weighted by molar-refractivity contribution is -0.121. The summed E-state index contributed by atoms with van der Waals surface area (Å²) in [6.07, 6.45) is 13.4. The Morgan fingerprint density at radius 3 is 1.85 bits per heavy atom. The fraction of sp³-hybridized carbons (Fsp3) is 0.882. The maximum Gasteiger partial charge on any atom is 0.219 e. The lowest BCUT2D eigenvalue weighted by atomic mass is 10.1. The zero-order valence-corrected chi connectivity index (χ0v) is 13.5. The van der Waals surface area contributed by atoms with Crippen molar-refractivity contribution in [2.45, 2.75) is 90.9 Å². The Bertz CT molecular complexity index is 251. The Labute approximate surface area is 124 Å². The van der Waals surface area contributed by atoms with Gasteiger partial charge < -0.3 is 10.1 Å². The SMILES string of the molecule is CCCCCCCCCCCC(=O)NCCCC(C)=O. The molecule has 0 aliphatic rings. The molecule has 118 valence electrons. The van der Waals surface area contributed by atoms with Crippen LogP contribution in [-0.4, -0.2) is 18.2 Å². The Morgan fingerprint density at radius 2 is 1.30 bits per heavy atom. The summed E-state index contributed by atoms with van der Waals surface area (Å²) in [5.41, 5.74) is 0. The smallest absolute Gasteiger partial charge is 0.219 e. The number of nitrogens with one attached hydrogen (secondary N) is 1. The molecule has 0 aromatic heterocycles. The third kappa shape index (κ3) is 15.2. The highest BCUT2D eigenvalue weighted by Gasteiger charge is 2.01. The summed E-state index contributed by atoms with van der Waals surface area (Å²) in [6.45, 7) is 4.46. The first-order valence-corrected chi connectivity index (χ1v) is 8.43. The first kappa shape index (κ1) is 19.1. The van der Waals surface area contributed by atoms with Crippen molar-refractivity contribution in [1.29, 1.82) is 0 Å². The molecule has 0 heterocycles. The van der Waals surface area contributed by atoms with Gasteiger partial charge in [-0.1, -0.05) is 58.3 Å². The molecule has 0 bridgehead atoms. The van der Waals surface area contributed by atoms with Crippen LogP contribution in [0, 0.1) is 0 Å². The predicted molar refractivity (Wildman–Crippen MR) is 84.8 cm³/mol. The summed E-state index contributed by atoms with van der Waals surface area (Å²) < 4.78 is 0. The van der Waals surface area contributed by atoms with Gasteiger partial charge in [0.25, 0.3) is 0 Å². The molecule has 1 amide bonds. The first-order chi connectivity index (χ1) is 9.66. The minimum absolute atomic E-state index is 0.136. The van der Waals surface area contributed by atoms with E-state index in [4.69, 9.17) is 0 Å². The van der Waals surface area contributed by atoms with Crippen LogP contribution in [0.25, 0.3) is 0 Å². The Balaban J connectivity index is 3.17. The summed E-state index contributed by atoms with van der Waals surface area (Å²) in [5, 5.41) is 2.87. The second-order valence-corrected chi connectivity index (χ2v) is 5.73. The predicted octanol–water partition coefficient (Wildman–Crippen LogP) is 4.39. The summed E-state index contributed by atoms with van der Waals surface area (Å²) in [6, 6.07) is 0. The van der Waals surface area contributed by atoms with Gasteiger partial charge in [-0.15, -0.1) is 0 Å². The molecule has 0 fully saturated rings. The standard InChI is InChI=1S/C17H33NO2/c1-3-4-5-6-7-8-9-10-11-14-17(20)18-15-12-13-16(2)19/h3-15H2,1-2H3,(H,18,20). The van der Waals surface area contributed by atoms with Crippen molar-refractivity contribution < 1.29 is 9.59 Å². The second-order valence-electron chi connectivity index (χ2n) is 5.73. The number of unbranched alkanes of at least 4 members (excludes halogenated alkanes) is 8. The van der Waals surface area contributed by atoms with E-state index in [2.05, 4.69) is 12.2 Å². The van der Waals surface area contributed by atoms with Crippen LogP contribution in [0.1, 0.15) is 90.9 Å². The molecular formula is C17H33NO2. The van der Waals surface area contributed by atoms with E-state index >= 15 is 0 Å². The van der Waals surface area contributed by atoms with Gasteiger partial charge in [0.2, 0.25) is 5.91 Å². The summed E-state index contributed by atoms with van der Waals surface area (Å²) in [4.78, 5) is 22.2. The summed E-state index contributed by atoms with van der Waals surface area (Å²) in [7, 11) is 0. The van der Waals surface area contributed by atoms with E-state index in [0.717, 1.165) is 19.3 Å². The van der Waals surface area contributed by atoms with Crippen LogP contribution in [0.2, 0.25) is 0 Å². The van der Waals surface area contributed by atoms with E-state index in [1.54, 1.807) is 6.92 Å². The van der Waals surface area contributed by atoms with Crippen molar-refractivity contribution in [2.75, 3.05) is 6.54 Å². The number of hydrogen-bond acceptors (Lipinski definition) is 2. The van der Waals surface area contributed by atoms with Gasteiger partial charge in [0.05, 0.1) is 0 Å². The first-order valence-electron chi connectivity index (χ1n) is 8.43. The van der Waals surface area contributed by atoms with Crippen molar-refractivity contribution in [3.8, 4) is 0 Å². The molecule has 0 aromatic rings. The van der Waals surface area contributed by atoms with E-state index in [0.29, 0.717) is 19.4 Å². The fourth-order valence-corrected chi connectivity index (χ4v) is 2.25. The van der Waals surface area contributed by atoms with Crippen LogP contribution in [0.5, 0.6) is 0 Å². The summed E-state index contributed by atoms with van der Waals surface area (Å²) in [5.74, 6) is 0.328. The zero-order valence-electron chi connectivity index (χ0n) is 13.5. The van der Waals surface area contributed by atoms with Gasteiger partial charge >= 0.3 is 0 Å². The van der Waals surface area contributed by atoms with Crippen molar-refractivity contribution in [3.05, 3.63) is 0 Å². The molecule has 0 saturated carbocycles. The van der Waals surface area contributed by atoms with Gasteiger partial charge in [-0.2, -0.15) is 0 Å². The largest absolute Gasteiger partial charge is 0.356 e. The molecule has 3 nitrogen and oxygen atoms in total. The molecule has 0 radical (unpaired) electrons. The maximum absolute atomic E-state index is 11.5. The van der Waals surface area contributed by atoms with Gasteiger partial charge in [-0.05, 0) is 19.8 Å². The van der Waals surface area contributed by atoms with Crippen molar-refractivity contribution in [3.63, 3.8) is 0 Å². The molecule has 0 rings (SSSR count). The van der Waals surface area contributed by atoms with Crippen LogP contribution in [0.15, 0.2) is 0 Å². The molecule has 0 unspecified atom stereocenters. The Morgan fingerprint density at radius 1 is 0.750 bits per heavy atom. The summed E-state index contributed by atoms with van der Waals surface area (Å²) >= 11 is 0. The number of amides is 1. The van der Waals surface area contributed by atoms with E-state index in [9.17, 15) is 9.59 Å². The molecule has 0 aliphatic heterocycles. The molecule has 0 saturated heterocycles. The number of Topliss-reactive ketones (excluding diaryl/α,β-unsaturated/α-hetero) is 1. The number of carbonyl (C=O) groups is 2. The molecule has 20 heavy (non-hydrogen) atoms. The number of ketones is 1. The minimum atomic E-state index is 0.136. The van der Waals surface area contributed by atoms with Gasteiger partial charge in [0.15, 0.2) is 0 Å². The van der Waals surface area contributed by atoms with Crippen LogP contribution < -0.4 is 5.32 Å². The van der Waals surface area contributed by atoms with Crippen LogP contribution in [0.3, 0.4) is 0 Å². The highest BCUT2D eigenvalue weighted by molar-refractivity contribution is 5.76. The third-order valence-electron chi connectivity index (χ3n) is 3.54. The van der Waals surface area contributed by atoms with Gasteiger partial charge in [0, 0.05) is 19.4 Å². The van der Waals surface area contributed by atoms with E-state index in [-0.39, 0.29) is 11.7 Å². The van der Waals surface area contributed by atoms with Crippen molar-refractivity contribution in [1.82, 2.24) is 5.32 Å². The van der Waals surface area contributed by atoms with E-state index in [1.807, 2.05) is 0 Å². The van der Waals surface area contributed by atoms with Crippen molar-refractivity contribution in [2.24, 2.45) is 0 Å². The monoisotopic (exact) mass is 283 g/mol. The van der Waals surface area contributed by atoms with E-state index in [1.165, 1.54) is 44.9 Å². The average Bonchev–Trinajstić information content (AvgIpc) is 2.41. The van der Waals surface area contributed by atoms with Crippen LogP contribution >= 0.6 is 0 Å². The quantitative estimate of drug-likeness (QED) is 0.480. The number of rotatable bonds is 14. The average molecular weight is 283 g/mol. The fourth-order valence-electron chi connectivity index (χ4n) is 2.25.